The van der Waals surface area contributed by atoms with Crippen LogP contribution in [0, 0.1) is 5.92 Å². The molecule has 0 aromatic heterocycles. The van der Waals surface area contributed by atoms with Crippen LogP contribution in [0.15, 0.2) is 49.1 Å². The van der Waals surface area contributed by atoms with Crippen molar-refractivity contribution in [2.45, 2.75) is 20.3 Å². The van der Waals surface area contributed by atoms with E-state index < -0.39 is 17.9 Å². The maximum Gasteiger partial charge on any atom is 0.321 e. The van der Waals surface area contributed by atoms with Crippen molar-refractivity contribution in [2.75, 3.05) is 0 Å². The van der Waals surface area contributed by atoms with Gasteiger partial charge in [0.1, 0.15) is 0 Å². The van der Waals surface area contributed by atoms with E-state index in [0.717, 1.165) is 11.1 Å². The molecule has 0 aliphatic carbocycles. The van der Waals surface area contributed by atoms with Crippen LogP contribution in [-0.2, 0) is 14.3 Å². The molecule has 1 saturated heterocycles. The normalized spacial score (nSPS) is 18.4. The van der Waals surface area contributed by atoms with Gasteiger partial charge in [0.15, 0.2) is 0 Å². The van der Waals surface area contributed by atoms with Crippen molar-refractivity contribution in [1.82, 2.24) is 0 Å². The molecule has 3 heteroatoms. The molecule has 1 rings (SSSR count). The summed E-state index contributed by atoms with van der Waals surface area (Å²) in [4.78, 5) is 21.5. The molecule has 0 saturated carbocycles. The Hall–Kier alpha value is -1.90. The van der Waals surface area contributed by atoms with E-state index in [4.69, 9.17) is 0 Å². The van der Waals surface area contributed by atoms with E-state index >= 15 is 0 Å². The number of ether oxygens (including phenoxy) is 1. The van der Waals surface area contributed by atoms with Crippen LogP contribution >= 0.6 is 0 Å². The fraction of sp³-hybridized carbons (Fsp3) is 0.286. The van der Waals surface area contributed by atoms with E-state index in [0.29, 0.717) is 0 Å². The largest absolute Gasteiger partial charge is 0.393 e. The summed E-state index contributed by atoms with van der Waals surface area (Å²) >= 11 is 0. The van der Waals surface area contributed by atoms with Crippen LogP contribution < -0.4 is 0 Å². The lowest BCUT2D eigenvalue weighted by Gasteiger charge is -1.93. The first kappa shape index (κ1) is 15.1. The average molecular weight is 234 g/mol. The van der Waals surface area contributed by atoms with Crippen molar-refractivity contribution in [3.63, 3.8) is 0 Å². The van der Waals surface area contributed by atoms with Gasteiger partial charge in [-0.2, -0.15) is 0 Å². The Bertz CT molecular complexity index is 375. The van der Waals surface area contributed by atoms with E-state index in [1.165, 1.54) is 0 Å². The van der Waals surface area contributed by atoms with Gasteiger partial charge in [-0.1, -0.05) is 49.1 Å². The highest BCUT2D eigenvalue weighted by molar-refractivity contribution is 5.95. The Kier molecular flexibility index (Phi) is 6.56. The quantitative estimate of drug-likeness (QED) is 0.428. The predicted molar refractivity (Wildman–Crippen MR) is 68.2 cm³/mol. The summed E-state index contributed by atoms with van der Waals surface area (Å²) in [6.45, 7) is 14.4. The second-order valence-corrected chi connectivity index (χ2v) is 3.86. The highest BCUT2D eigenvalue weighted by Gasteiger charge is 2.30. The number of hydrogen-bond donors (Lipinski definition) is 0. The van der Waals surface area contributed by atoms with Gasteiger partial charge in [0.05, 0.1) is 12.3 Å². The highest BCUT2D eigenvalue weighted by Crippen LogP contribution is 2.17. The number of esters is 2. The molecule has 1 fully saturated rings. The van der Waals surface area contributed by atoms with Crippen molar-refractivity contribution in [1.29, 1.82) is 0 Å². The number of hydrogen-bond acceptors (Lipinski definition) is 3. The number of allylic oxidation sites excluding steroid dienone is 4. The summed E-state index contributed by atoms with van der Waals surface area (Å²) < 4.78 is 4.35. The van der Waals surface area contributed by atoms with Gasteiger partial charge in [-0.05, 0) is 13.8 Å². The minimum Gasteiger partial charge on any atom is -0.393 e. The van der Waals surface area contributed by atoms with Crippen molar-refractivity contribution >= 4 is 11.9 Å². The lowest BCUT2D eigenvalue weighted by Crippen LogP contribution is -2.03. The van der Waals surface area contributed by atoms with Crippen molar-refractivity contribution in [2.24, 2.45) is 5.92 Å². The molecule has 1 atom stereocenters. The SMILES string of the molecule is C=C(C)C=CC1CC(=O)OC1=O.C=CC(=C)C. The molecule has 1 unspecified atom stereocenters. The second kappa shape index (κ2) is 7.39. The lowest BCUT2D eigenvalue weighted by atomic mass is 10.1. The molecule has 0 amide bonds. The monoisotopic (exact) mass is 234 g/mol. The van der Waals surface area contributed by atoms with Gasteiger partial charge < -0.3 is 4.74 Å². The number of cyclic esters (lactones) is 2. The summed E-state index contributed by atoms with van der Waals surface area (Å²) in [7, 11) is 0. The maximum absolute atomic E-state index is 10.9. The molecule has 0 aromatic carbocycles. The van der Waals surface area contributed by atoms with E-state index in [9.17, 15) is 9.59 Å². The molecule has 1 heterocycles. The Morgan fingerprint density at radius 1 is 1.29 bits per heavy atom. The minimum absolute atomic E-state index is 0.155. The van der Waals surface area contributed by atoms with Crippen LogP contribution in [-0.4, -0.2) is 11.9 Å². The van der Waals surface area contributed by atoms with E-state index in [-0.39, 0.29) is 6.42 Å². The smallest absolute Gasteiger partial charge is 0.321 e. The third kappa shape index (κ3) is 7.06. The summed E-state index contributed by atoms with van der Waals surface area (Å²) in [6, 6.07) is 0. The molecule has 0 bridgehead atoms. The zero-order valence-corrected chi connectivity index (χ0v) is 10.4. The van der Waals surface area contributed by atoms with Crippen LogP contribution in [0.25, 0.3) is 0 Å². The molecule has 1 aliphatic heterocycles. The molecule has 1 aliphatic rings. The zero-order chi connectivity index (χ0) is 13.4. The second-order valence-electron chi connectivity index (χ2n) is 3.86. The van der Waals surface area contributed by atoms with Gasteiger partial charge in [-0.15, -0.1) is 0 Å². The Morgan fingerprint density at radius 3 is 2.12 bits per heavy atom. The van der Waals surface area contributed by atoms with Crippen LogP contribution in [0.5, 0.6) is 0 Å². The Labute approximate surface area is 102 Å². The Balaban J connectivity index is 0.000000437. The number of rotatable bonds is 3. The molecule has 17 heavy (non-hydrogen) atoms. The fourth-order valence-electron chi connectivity index (χ4n) is 0.919. The van der Waals surface area contributed by atoms with Gasteiger partial charge in [0.2, 0.25) is 0 Å². The maximum atomic E-state index is 10.9. The van der Waals surface area contributed by atoms with E-state index in [1.54, 1.807) is 18.2 Å². The van der Waals surface area contributed by atoms with Gasteiger partial charge in [0, 0.05) is 0 Å². The highest BCUT2D eigenvalue weighted by atomic mass is 16.6. The van der Waals surface area contributed by atoms with Crippen molar-refractivity contribution in [3.05, 3.63) is 49.1 Å². The fourth-order valence-corrected chi connectivity index (χ4v) is 0.919. The van der Waals surface area contributed by atoms with Crippen LogP contribution in [0.2, 0.25) is 0 Å². The van der Waals surface area contributed by atoms with Crippen molar-refractivity contribution in [3.8, 4) is 0 Å². The van der Waals surface area contributed by atoms with E-state index in [2.05, 4.69) is 24.5 Å². The number of carbonyl (C=O) groups excluding carboxylic acids is 2. The standard InChI is InChI=1S/C9H10O3.C5H8/c1-6(2)3-4-7-5-8(10)12-9(7)11;1-4-5(2)3/h3-4,7H,1,5H2,2H3;4H,1-2H2,3H3. The van der Waals surface area contributed by atoms with Gasteiger partial charge in [0.25, 0.3) is 0 Å². The summed E-state index contributed by atoms with van der Waals surface area (Å²) in [6.07, 6.45) is 5.24. The predicted octanol–water partition coefficient (Wildman–Crippen LogP) is 2.96. The van der Waals surface area contributed by atoms with Crippen LogP contribution in [0.1, 0.15) is 20.3 Å². The summed E-state index contributed by atoms with van der Waals surface area (Å²) in [5.74, 6) is -1.32. The van der Waals surface area contributed by atoms with E-state index in [1.807, 2.05) is 13.8 Å². The third-order valence-electron chi connectivity index (χ3n) is 1.87. The zero-order valence-electron chi connectivity index (χ0n) is 10.4. The Morgan fingerprint density at radius 2 is 1.82 bits per heavy atom. The first-order valence-corrected chi connectivity index (χ1v) is 5.23. The molecule has 0 N–H and O–H groups in total. The molecule has 3 nitrogen and oxygen atoms in total. The molecule has 0 radical (unpaired) electrons. The first-order valence-electron chi connectivity index (χ1n) is 5.23. The molecule has 92 valence electrons. The minimum atomic E-state index is -0.461. The van der Waals surface area contributed by atoms with Gasteiger partial charge >= 0.3 is 11.9 Å². The van der Waals surface area contributed by atoms with Crippen molar-refractivity contribution < 1.29 is 14.3 Å². The topological polar surface area (TPSA) is 43.4 Å². The first-order chi connectivity index (χ1) is 7.86. The molecule has 0 spiro atoms. The lowest BCUT2D eigenvalue weighted by molar-refractivity contribution is -0.152. The molecular weight excluding hydrogens is 216 g/mol. The average Bonchev–Trinajstić information content (AvgIpc) is 2.55. The van der Waals surface area contributed by atoms with Crippen LogP contribution in [0.3, 0.4) is 0 Å². The van der Waals surface area contributed by atoms with Gasteiger partial charge in [-0.3, -0.25) is 9.59 Å². The number of carbonyl (C=O) groups is 2. The van der Waals surface area contributed by atoms with Gasteiger partial charge in [-0.25, -0.2) is 0 Å². The van der Waals surface area contributed by atoms with Crippen LogP contribution in [0.4, 0.5) is 0 Å². The molecule has 0 aromatic rings. The molecular formula is C14H18O3. The third-order valence-corrected chi connectivity index (χ3v) is 1.87. The summed E-state index contributed by atoms with van der Waals surface area (Å²) in [5.41, 5.74) is 1.87. The summed E-state index contributed by atoms with van der Waals surface area (Å²) in [5, 5.41) is 0.